The summed E-state index contributed by atoms with van der Waals surface area (Å²) in [5, 5.41) is 19.7. The normalized spacial score (nSPS) is 21.7. The molecule has 2 aliphatic rings. The molecule has 3 heterocycles. The predicted molar refractivity (Wildman–Crippen MR) is 167 cm³/mol. The largest absolute Gasteiger partial charge is 0.391 e. The zero-order valence-electron chi connectivity index (χ0n) is 26.2. The maximum Gasteiger partial charge on any atom is 0.246 e. The van der Waals surface area contributed by atoms with Gasteiger partial charge in [-0.2, -0.15) is 0 Å². The average Bonchev–Trinajstić information content (AvgIpc) is 3.56. The summed E-state index contributed by atoms with van der Waals surface area (Å²) in [5.41, 5.74) is 4.19. The molecule has 43 heavy (non-hydrogen) atoms. The van der Waals surface area contributed by atoms with Gasteiger partial charge in [-0.1, -0.05) is 52.0 Å². The highest BCUT2D eigenvalue weighted by molar-refractivity contribution is 7.13. The van der Waals surface area contributed by atoms with E-state index in [-0.39, 0.29) is 48.8 Å². The van der Waals surface area contributed by atoms with Crippen LogP contribution in [0.25, 0.3) is 10.4 Å². The highest BCUT2D eigenvalue weighted by Gasteiger charge is 2.44. The van der Waals surface area contributed by atoms with Crippen LogP contribution in [-0.2, 0) is 19.1 Å². The molecule has 0 radical (unpaired) electrons. The van der Waals surface area contributed by atoms with Crippen LogP contribution in [0.5, 0.6) is 0 Å². The van der Waals surface area contributed by atoms with Crippen LogP contribution in [0.4, 0.5) is 0 Å². The number of nitrogens with zero attached hydrogens (tertiary/aromatic N) is 2. The van der Waals surface area contributed by atoms with E-state index in [2.05, 4.69) is 27.9 Å². The lowest BCUT2D eigenvalue weighted by Gasteiger charge is -2.36. The Bertz CT molecular complexity index is 1270. The zero-order chi connectivity index (χ0) is 31.4. The number of likely N-dealkylation sites (tertiary alicyclic amines) is 1. The predicted octanol–water partition coefficient (Wildman–Crippen LogP) is 3.19. The Morgan fingerprint density at radius 1 is 1.19 bits per heavy atom. The van der Waals surface area contributed by atoms with Gasteiger partial charge < -0.3 is 30.7 Å². The number of aliphatic hydroxyl groups is 1. The van der Waals surface area contributed by atoms with Crippen molar-refractivity contribution in [2.24, 2.45) is 10.8 Å². The van der Waals surface area contributed by atoms with E-state index in [0.717, 1.165) is 47.6 Å². The van der Waals surface area contributed by atoms with Crippen LogP contribution in [0.3, 0.4) is 0 Å². The molecular weight excluding hydrogens is 566 g/mol. The molecule has 0 unspecified atom stereocenters. The first kappa shape index (κ1) is 33.0. The van der Waals surface area contributed by atoms with Crippen LogP contribution in [0.15, 0.2) is 29.8 Å². The number of hydrogen-bond donors (Lipinski definition) is 4. The van der Waals surface area contributed by atoms with E-state index >= 15 is 0 Å². The molecule has 4 atom stereocenters. The summed E-state index contributed by atoms with van der Waals surface area (Å²) < 4.78 is 5.78. The molecule has 0 spiro atoms. The van der Waals surface area contributed by atoms with Gasteiger partial charge >= 0.3 is 0 Å². The second kappa shape index (κ2) is 13.8. The first-order valence-corrected chi connectivity index (χ1v) is 16.0. The van der Waals surface area contributed by atoms with Crippen LogP contribution in [0.1, 0.15) is 71.2 Å². The maximum absolute atomic E-state index is 13.9. The number of carbonyl (C=O) groups is 3. The van der Waals surface area contributed by atoms with E-state index in [1.807, 2.05) is 64.4 Å². The van der Waals surface area contributed by atoms with Crippen LogP contribution in [0.2, 0.25) is 0 Å². The second-order valence-corrected chi connectivity index (χ2v) is 14.3. The molecule has 1 aromatic carbocycles. The van der Waals surface area contributed by atoms with Gasteiger partial charge in [0.05, 0.1) is 34.8 Å². The molecule has 4 rings (SSSR count). The summed E-state index contributed by atoms with van der Waals surface area (Å²) in [7, 11) is 0. The first-order valence-electron chi connectivity index (χ1n) is 15.1. The standard InChI is InChI=1S/C32H47N5O5S/c1-20(22-7-9-23(10-8-22)27-21(2)34-19-43-27)35-29(40)25-15-24(38)16-37(25)30(41)28(31(3,4)5)36-26(39)17-42-18-32(6)11-13-33-14-12-32/h7-10,19-20,24-25,28,33,38H,11-18H2,1-6H3,(H,35,40)(H,36,39)/t20-,24+,25-,28+/m0/s1. The van der Waals surface area contributed by atoms with Crippen LogP contribution in [0, 0.1) is 17.8 Å². The molecule has 10 nitrogen and oxygen atoms in total. The number of aryl methyl sites for hydroxylation is 1. The molecule has 2 aliphatic heterocycles. The summed E-state index contributed by atoms with van der Waals surface area (Å²) in [5.74, 6) is -1.10. The quantitative estimate of drug-likeness (QED) is 0.324. The summed E-state index contributed by atoms with van der Waals surface area (Å²) in [6.07, 6.45) is 1.27. The van der Waals surface area contributed by atoms with Crippen LogP contribution >= 0.6 is 11.3 Å². The van der Waals surface area contributed by atoms with Crippen molar-refractivity contribution < 1.29 is 24.2 Å². The Kier molecular flexibility index (Phi) is 10.6. The molecule has 236 valence electrons. The Morgan fingerprint density at radius 3 is 2.47 bits per heavy atom. The summed E-state index contributed by atoms with van der Waals surface area (Å²) in [4.78, 5) is 47.1. The van der Waals surface area contributed by atoms with Crippen molar-refractivity contribution in [1.29, 1.82) is 0 Å². The molecule has 2 saturated heterocycles. The van der Waals surface area contributed by atoms with E-state index in [1.165, 1.54) is 4.90 Å². The topological polar surface area (TPSA) is 133 Å². The van der Waals surface area contributed by atoms with Crippen LogP contribution in [-0.4, -0.2) is 83.7 Å². The Balaban J connectivity index is 1.38. The monoisotopic (exact) mass is 613 g/mol. The van der Waals surface area contributed by atoms with Gasteiger partial charge in [-0.15, -0.1) is 11.3 Å². The van der Waals surface area contributed by atoms with Gasteiger partial charge in [-0.05, 0) is 61.7 Å². The minimum absolute atomic E-state index is 0.0246. The number of aliphatic hydroxyl groups excluding tert-OH is 1. The smallest absolute Gasteiger partial charge is 0.246 e. The number of piperidine rings is 1. The van der Waals surface area contributed by atoms with Gasteiger partial charge in [-0.3, -0.25) is 14.4 Å². The number of carbonyl (C=O) groups excluding carboxylic acids is 3. The van der Waals surface area contributed by atoms with Crippen molar-refractivity contribution in [2.45, 2.75) is 85.0 Å². The van der Waals surface area contributed by atoms with Crippen LogP contribution < -0.4 is 16.0 Å². The van der Waals surface area contributed by atoms with Crippen molar-refractivity contribution in [3.8, 4) is 10.4 Å². The third kappa shape index (κ3) is 8.41. The Morgan fingerprint density at radius 2 is 1.86 bits per heavy atom. The lowest BCUT2D eigenvalue weighted by Crippen LogP contribution is -2.58. The van der Waals surface area contributed by atoms with E-state index in [9.17, 15) is 19.5 Å². The zero-order valence-corrected chi connectivity index (χ0v) is 27.1. The van der Waals surface area contributed by atoms with Gasteiger partial charge in [0.15, 0.2) is 0 Å². The molecule has 2 aromatic rings. The lowest BCUT2D eigenvalue weighted by atomic mass is 9.82. The minimum atomic E-state index is -0.890. The minimum Gasteiger partial charge on any atom is -0.391 e. The highest BCUT2D eigenvalue weighted by atomic mass is 32.1. The summed E-state index contributed by atoms with van der Waals surface area (Å²) >= 11 is 1.59. The molecule has 0 saturated carbocycles. The van der Waals surface area contributed by atoms with Gasteiger partial charge in [0.25, 0.3) is 0 Å². The molecule has 11 heteroatoms. The SMILES string of the molecule is Cc1ncsc1-c1ccc([C@H](C)NC(=O)[C@@H]2C[C@@H](O)CN2C(=O)[C@@H](NC(=O)COCC2(C)CCNCC2)C(C)(C)C)cc1. The van der Waals surface area contributed by atoms with Gasteiger partial charge in [0, 0.05) is 13.0 Å². The van der Waals surface area contributed by atoms with Crippen molar-refractivity contribution in [3.05, 3.63) is 41.0 Å². The molecule has 0 aliphatic carbocycles. The van der Waals surface area contributed by atoms with E-state index in [4.69, 9.17) is 4.74 Å². The number of rotatable bonds is 10. The number of aromatic nitrogens is 1. The summed E-state index contributed by atoms with van der Waals surface area (Å²) in [6, 6.07) is 5.94. The molecule has 3 amide bonds. The Hall–Kier alpha value is -2.86. The number of ether oxygens (including phenoxy) is 1. The van der Waals surface area contributed by atoms with Gasteiger partial charge in [0.2, 0.25) is 17.7 Å². The number of β-amino-alcohol motifs (C(OH)–C–C–N with tert-alkyl or cyclic N) is 1. The Labute approximate surface area is 259 Å². The van der Waals surface area contributed by atoms with E-state index in [1.54, 1.807) is 11.3 Å². The molecular formula is C32H47N5O5S. The highest BCUT2D eigenvalue weighted by Crippen LogP contribution is 2.30. The van der Waals surface area contributed by atoms with Crippen molar-refractivity contribution in [1.82, 2.24) is 25.8 Å². The van der Waals surface area contributed by atoms with Crippen molar-refractivity contribution >= 4 is 29.1 Å². The fourth-order valence-corrected chi connectivity index (χ4v) is 6.59. The molecule has 0 bridgehead atoms. The summed E-state index contributed by atoms with van der Waals surface area (Å²) in [6.45, 7) is 13.9. The fourth-order valence-electron chi connectivity index (χ4n) is 5.78. The third-order valence-electron chi connectivity index (χ3n) is 8.55. The number of benzene rings is 1. The van der Waals surface area contributed by atoms with E-state index < -0.39 is 23.6 Å². The fraction of sp³-hybridized carbons (Fsp3) is 0.625. The van der Waals surface area contributed by atoms with Crippen molar-refractivity contribution in [3.63, 3.8) is 0 Å². The second-order valence-electron chi connectivity index (χ2n) is 13.4. The average molecular weight is 614 g/mol. The van der Waals surface area contributed by atoms with Crippen molar-refractivity contribution in [2.75, 3.05) is 32.8 Å². The van der Waals surface area contributed by atoms with Gasteiger partial charge in [0.1, 0.15) is 18.7 Å². The lowest BCUT2D eigenvalue weighted by molar-refractivity contribution is -0.145. The van der Waals surface area contributed by atoms with Gasteiger partial charge in [-0.25, -0.2) is 4.98 Å². The molecule has 4 N–H and O–H groups in total. The number of nitrogens with one attached hydrogen (secondary N) is 3. The first-order chi connectivity index (χ1) is 20.3. The maximum atomic E-state index is 13.9. The molecule has 1 aromatic heterocycles. The third-order valence-corrected chi connectivity index (χ3v) is 9.53. The van der Waals surface area contributed by atoms with E-state index in [0.29, 0.717) is 6.61 Å². The number of thiazole rings is 1. The molecule has 2 fully saturated rings. The number of hydrogen-bond acceptors (Lipinski definition) is 8. The number of amides is 3.